The molecule has 144 valence electrons. The van der Waals surface area contributed by atoms with E-state index in [1.165, 1.54) is 29.4 Å². The molecule has 0 atom stereocenters. The number of pyridine rings is 1. The van der Waals surface area contributed by atoms with Crippen LogP contribution in [0.15, 0.2) is 54.9 Å². The monoisotopic (exact) mass is 381 g/mol. The molecule has 0 aliphatic carbocycles. The molecular weight excluding hydrogens is 362 g/mol. The van der Waals surface area contributed by atoms with Crippen molar-refractivity contribution in [2.45, 2.75) is 0 Å². The SMILES string of the molecule is O=C(O)c1cncc(OC(=O)N2CCN(C(=O)C=Cc3ccccc3)CC2)c1. The average molecular weight is 381 g/mol. The lowest BCUT2D eigenvalue weighted by molar-refractivity contribution is -0.127. The molecule has 2 aromatic rings. The predicted molar refractivity (Wildman–Crippen MR) is 101 cm³/mol. The van der Waals surface area contributed by atoms with Gasteiger partial charge in [0.05, 0.1) is 11.8 Å². The van der Waals surface area contributed by atoms with E-state index < -0.39 is 12.1 Å². The minimum Gasteiger partial charge on any atom is -0.478 e. The molecule has 1 aromatic carbocycles. The fourth-order valence-electron chi connectivity index (χ4n) is 2.70. The zero-order valence-corrected chi connectivity index (χ0v) is 15.0. The molecular formula is C20H19N3O5. The zero-order valence-electron chi connectivity index (χ0n) is 15.0. The second kappa shape index (κ2) is 8.81. The van der Waals surface area contributed by atoms with Gasteiger partial charge in [-0.2, -0.15) is 0 Å². The number of amides is 2. The summed E-state index contributed by atoms with van der Waals surface area (Å²) in [5.74, 6) is -1.20. The summed E-state index contributed by atoms with van der Waals surface area (Å²) >= 11 is 0. The average Bonchev–Trinajstić information content (AvgIpc) is 2.73. The van der Waals surface area contributed by atoms with Gasteiger partial charge >= 0.3 is 12.1 Å². The number of hydrogen-bond acceptors (Lipinski definition) is 5. The van der Waals surface area contributed by atoms with Crippen molar-refractivity contribution in [1.29, 1.82) is 0 Å². The van der Waals surface area contributed by atoms with Crippen molar-refractivity contribution in [3.8, 4) is 5.75 Å². The molecule has 0 radical (unpaired) electrons. The Morgan fingerprint density at radius 2 is 1.68 bits per heavy atom. The first-order chi connectivity index (χ1) is 13.5. The maximum absolute atomic E-state index is 12.3. The molecule has 0 spiro atoms. The van der Waals surface area contributed by atoms with E-state index in [2.05, 4.69) is 4.98 Å². The first-order valence-corrected chi connectivity index (χ1v) is 8.70. The predicted octanol–water partition coefficient (Wildman–Crippen LogP) is 2.14. The highest BCUT2D eigenvalue weighted by Crippen LogP contribution is 2.14. The van der Waals surface area contributed by atoms with E-state index >= 15 is 0 Å². The number of ether oxygens (including phenoxy) is 1. The Hall–Kier alpha value is -3.68. The molecule has 1 aromatic heterocycles. The molecule has 0 saturated carbocycles. The van der Waals surface area contributed by atoms with Crippen LogP contribution in [0.2, 0.25) is 0 Å². The number of hydrogen-bond donors (Lipinski definition) is 1. The molecule has 2 heterocycles. The molecule has 8 heteroatoms. The van der Waals surface area contributed by atoms with Crippen LogP contribution in [0.5, 0.6) is 5.75 Å². The van der Waals surface area contributed by atoms with E-state index in [1.807, 2.05) is 30.3 Å². The van der Waals surface area contributed by atoms with Crippen molar-refractivity contribution in [2.75, 3.05) is 26.2 Å². The normalized spacial score (nSPS) is 14.1. The summed E-state index contributed by atoms with van der Waals surface area (Å²) in [6, 6.07) is 10.8. The molecule has 8 nitrogen and oxygen atoms in total. The van der Waals surface area contributed by atoms with Crippen LogP contribution in [0.25, 0.3) is 6.08 Å². The van der Waals surface area contributed by atoms with Crippen molar-refractivity contribution in [2.24, 2.45) is 0 Å². The largest absolute Gasteiger partial charge is 0.478 e. The Balaban J connectivity index is 1.51. The summed E-state index contributed by atoms with van der Waals surface area (Å²) in [7, 11) is 0. The van der Waals surface area contributed by atoms with Gasteiger partial charge in [0.2, 0.25) is 5.91 Å². The van der Waals surface area contributed by atoms with Crippen molar-refractivity contribution in [1.82, 2.24) is 14.8 Å². The standard InChI is InChI=1S/C20H19N3O5/c24-18(7-6-15-4-2-1-3-5-15)22-8-10-23(11-9-22)20(27)28-17-12-16(19(25)26)13-21-14-17/h1-7,12-14H,8-11H2,(H,25,26). The van der Waals surface area contributed by atoms with Gasteiger partial charge in [0.25, 0.3) is 0 Å². The van der Waals surface area contributed by atoms with Crippen LogP contribution in [0.3, 0.4) is 0 Å². The van der Waals surface area contributed by atoms with Gasteiger partial charge in [-0.3, -0.25) is 9.78 Å². The number of carboxylic acids is 1. The molecule has 1 aliphatic heterocycles. The van der Waals surface area contributed by atoms with Crippen LogP contribution in [-0.4, -0.2) is 64.0 Å². The molecule has 1 N–H and O–H groups in total. The van der Waals surface area contributed by atoms with Crippen LogP contribution in [-0.2, 0) is 4.79 Å². The fourth-order valence-corrected chi connectivity index (χ4v) is 2.70. The maximum atomic E-state index is 12.3. The van der Waals surface area contributed by atoms with Gasteiger partial charge in [-0.15, -0.1) is 0 Å². The first kappa shape index (κ1) is 19.1. The van der Waals surface area contributed by atoms with Gasteiger partial charge < -0.3 is 19.6 Å². The van der Waals surface area contributed by atoms with Gasteiger partial charge in [0, 0.05) is 38.5 Å². The number of carboxylic acid groups (broad SMARTS) is 1. The summed E-state index contributed by atoms with van der Waals surface area (Å²) in [6.45, 7) is 1.44. The molecule has 2 amide bonds. The highest BCUT2D eigenvalue weighted by atomic mass is 16.6. The van der Waals surface area contributed by atoms with E-state index in [4.69, 9.17) is 9.84 Å². The van der Waals surface area contributed by atoms with Crippen LogP contribution in [0.4, 0.5) is 4.79 Å². The van der Waals surface area contributed by atoms with E-state index in [-0.39, 0.29) is 17.2 Å². The van der Waals surface area contributed by atoms with Crippen molar-refractivity contribution >= 4 is 24.0 Å². The summed E-state index contributed by atoms with van der Waals surface area (Å²) in [5, 5.41) is 8.96. The number of aromatic carboxylic acids is 1. The van der Waals surface area contributed by atoms with Crippen molar-refractivity contribution in [3.63, 3.8) is 0 Å². The van der Waals surface area contributed by atoms with Crippen LogP contribution >= 0.6 is 0 Å². The molecule has 3 rings (SSSR count). The van der Waals surface area contributed by atoms with Gasteiger partial charge in [0.1, 0.15) is 0 Å². The van der Waals surface area contributed by atoms with Crippen LogP contribution < -0.4 is 4.74 Å². The van der Waals surface area contributed by atoms with Gasteiger partial charge in [0.15, 0.2) is 5.75 Å². The Labute approximate surface area is 161 Å². The summed E-state index contributed by atoms with van der Waals surface area (Å²) in [4.78, 5) is 42.4. The smallest absolute Gasteiger partial charge is 0.415 e. The summed E-state index contributed by atoms with van der Waals surface area (Å²) < 4.78 is 5.19. The van der Waals surface area contributed by atoms with Crippen molar-refractivity contribution < 1.29 is 24.2 Å². The second-order valence-electron chi connectivity index (χ2n) is 6.14. The highest BCUT2D eigenvalue weighted by molar-refractivity contribution is 5.92. The molecule has 1 fully saturated rings. The van der Waals surface area contributed by atoms with Gasteiger partial charge in [-0.05, 0) is 17.7 Å². The van der Waals surface area contributed by atoms with Crippen molar-refractivity contribution in [3.05, 3.63) is 66.0 Å². The van der Waals surface area contributed by atoms with E-state index in [0.717, 1.165) is 5.56 Å². The summed E-state index contributed by atoms with van der Waals surface area (Å²) in [5.41, 5.74) is 0.876. The van der Waals surface area contributed by atoms with E-state index in [9.17, 15) is 14.4 Å². The number of benzene rings is 1. The van der Waals surface area contributed by atoms with Crippen LogP contribution in [0, 0.1) is 0 Å². The quantitative estimate of drug-likeness (QED) is 0.815. The van der Waals surface area contributed by atoms with Gasteiger partial charge in [-0.25, -0.2) is 9.59 Å². The van der Waals surface area contributed by atoms with E-state index in [0.29, 0.717) is 26.2 Å². The third-order valence-electron chi connectivity index (χ3n) is 4.23. The molecule has 0 bridgehead atoms. The number of nitrogens with zero attached hydrogens (tertiary/aromatic N) is 3. The second-order valence-corrected chi connectivity index (χ2v) is 6.14. The lowest BCUT2D eigenvalue weighted by Gasteiger charge is -2.33. The third kappa shape index (κ3) is 4.94. The topological polar surface area (TPSA) is 100 Å². The first-order valence-electron chi connectivity index (χ1n) is 8.70. The Bertz CT molecular complexity index is 890. The van der Waals surface area contributed by atoms with Gasteiger partial charge in [-0.1, -0.05) is 30.3 Å². The number of carbonyl (C=O) groups excluding carboxylic acids is 2. The lowest BCUT2D eigenvalue weighted by Crippen LogP contribution is -2.51. The Morgan fingerprint density at radius 1 is 1.00 bits per heavy atom. The molecule has 0 unspecified atom stereocenters. The summed E-state index contributed by atoms with van der Waals surface area (Å²) in [6.07, 6.45) is 5.12. The zero-order chi connectivity index (χ0) is 19.9. The number of carbonyl (C=O) groups is 3. The highest BCUT2D eigenvalue weighted by Gasteiger charge is 2.24. The lowest BCUT2D eigenvalue weighted by atomic mass is 10.2. The molecule has 1 saturated heterocycles. The minimum atomic E-state index is -1.15. The third-order valence-corrected chi connectivity index (χ3v) is 4.23. The molecule has 1 aliphatic rings. The fraction of sp³-hybridized carbons (Fsp3) is 0.200. The number of aromatic nitrogens is 1. The minimum absolute atomic E-state index is 0.0640. The number of rotatable bonds is 4. The van der Waals surface area contributed by atoms with E-state index in [1.54, 1.807) is 11.0 Å². The maximum Gasteiger partial charge on any atom is 0.415 e. The number of piperazine rings is 1. The molecule has 28 heavy (non-hydrogen) atoms. The Morgan fingerprint density at radius 3 is 2.36 bits per heavy atom. The van der Waals surface area contributed by atoms with Crippen LogP contribution in [0.1, 0.15) is 15.9 Å². The Kier molecular flexibility index (Phi) is 6.01.